The number of carbonyl (C=O) groups excluding carboxylic acids is 1. The maximum Gasteiger partial charge on any atom is 0.261 e. The number of ether oxygens (including phenoxy) is 2. The van der Waals surface area contributed by atoms with E-state index in [0.717, 1.165) is 16.9 Å². The molecule has 2 aromatic carbocycles. The molecule has 0 heterocycles. The highest BCUT2D eigenvalue weighted by Gasteiger charge is 2.14. The van der Waals surface area contributed by atoms with Crippen LogP contribution in [0, 0.1) is 13.8 Å². The van der Waals surface area contributed by atoms with Crippen molar-refractivity contribution in [2.24, 2.45) is 0 Å². The van der Waals surface area contributed by atoms with Gasteiger partial charge in [-0.15, -0.1) is 0 Å². The normalized spacial score (nSPS) is 11.7. The van der Waals surface area contributed by atoms with Gasteiger partial charge in [-0.1, -0.05) is 18.2 Å². The molecule has 0 aliphatic heterocycles. The Hall–Kier alpha value is -2.49. The lowest BCUT2D eigenvalue weighted by Crippen LogP contribution is -2.35. The number of hydrogen-bond acceptors (Lipinski definition) is 3. The number of nitrogens with one attached hydrogen (secondary N) is 1. The topological polar surface area (TPSA) is 47.6 Å². The van der Waals surface area contributed by atoms with Crippen LogP contribution < -0.4 is 14.8 Å². The maximum atomic E-state index is 12.2. The Morgan fingerprint density at radius 3 is 2.33 bits per heavy atom. The molecule has 0 bridgehead atoms. The second-order valence-corrected chi connectivity index (χ2v) is 5.80. The highest BCUT2D eigenvalue weighted by Crippen LogP contribution is 2.18. The van der Waals surface area contributed by atoms with Crippen LogP contribution in [0.15, 0.2) is 42.5 Å². The summed E-state index contributed by atoms with van der Waals surface area (Å²) >= 11 is 0. The van der Waals surface area contributed by atoms with E-state index in [1.54, 1.807) is 6.92 Å². The van der Waals surface area contributed by atoms with E-state index in [9.17, 15) is 4.79 Å². The molecule has 4 heteroatoms. The van der Waals surface area contributed by atoms with Crippen molar-refractivity contribution >= 4 is 5.91 Å². The SMILES string of the molecule is CCOc1ccc(CNC(=O)[C@H](C)Oc2ccc(C)c(C)c2)cc1. The van der Waals surface area contributed by atoms with Crippen LogP contribution in [-0.4, -0.2) is 18.6 Å². The number of hydrogen-bond donors (Lipinski definition) is 1. The molecule has 0 saturated heterocycles. The summed E-state index contributed by atoms with van der Waals surface area (Å²) in [4.78, 5) is 12.2. The van der Waals surface area contributed by atoms with Crippen molar-refractivity contribution in [1.29, 1.82) is 0 Å². The highest BCUT2D eigenvalue weighted by molar-refractivity contribution is 5.80. The van der Waals surface area contributed by atoms with E-state index < -0.39 is 6.10 Å². The molecule has 4 nitrogen and oxygen atoms in total. The molecule has 1 amide bonds. The van der Waals surface area contributed by atoms with Gasteiger partial charge in [-0.05, 0) is 68.7 Å². The Morgan fingerprint density at radius 2 is 1.71 bits per heavy atom. The third-order valence-electron chi connectivity index (χ3n) is 3.86. The first-order chi connectivity index (χ1) is 11.5. The van der Waals surface area contributed by atoms with E-state index in [2.05, 4.69) is 5.32 Å². The summed E-state index contributed by atoms with van der Waals surface area (Å²) in [5.74, 6) is 1.41. The van der Waals surface area contributed by atoms with E-state index in [-0.39, 0.29) is 5.91 Å². The predicted octanol–water partition coefficient (Wildman–Crippen LogP) is 3.79. The van der Waals surface area contributed by atoms with E-state index in [1.807, 2.05) is 63.2 Å². The molecule has 0 aromatic heterocycles. The summed E-state index contributed by atoms with van der Waals surface area (Å²) in [6.45, 7) is 8.88. The summed E-state index contributed by atoms with van der Waals surface area (Å²) in [6, 6.07) is 13.5. The lowest BCUT2D eigenvalue weighted by Gasteiger charge is -2.15. The monoisotopic (exact) mass is 327 g/mol. The van der Waals surface area contributed by atoms with Crippen LogP contribution in [0.25, 0.3) is 0 Å². The average Bonchev–Trinajstić information content (AvgIpc) is 2.57. The minimum absolute atomic E-state index is 0.137. The van der Waals surface area contributed by atoms with Gasteiger partial charge in [0.2, 0.25) is 0 Å². The highest BCUT2D eigenvalue weighted by atomic mass is 16.5. The van der Waals surface area contributed by atoms with Crippen LogP contribution >= 0.6 is 0 Å². The van der Waals surface area contributed by atoms with Crippen LogP contribution in [0.2, 0.25) is 0 Å². The van der Waals surface area contributed by atoms with Gasteiger partial charge in [-0.25, -0.2) is 0 Å². The fourth-order valence-corrected chi connectivity index (χ4v) is 2.25. The van der Waals surface area contributed by atoms with Crippen LogP contribution in [0.1, 0.15) is 30.5 Å². The molecule has 0 saturated carbocycles. The molecule has 128 valence electrons. The number of carbonyl (C=O) groups is 1. The van der Waals surface area contributed by atoms with Crippen molar-refractivity contribution < 1.29 is 14.3 Å². The Kier molecular flexibility index (Phi) is 6.24. The molecule has 0 radical (unpaired) electrons. The van der Waals surface area contributed by atoms with Gasteiger partial charge in [-0.3, -0.25) is 4.79 Å². The third kappa shape index (κ3) is 5.01. The standard InChI is InChI=1S/C20H25NO3/c1-5-23-18-10-7-17(8-11-18)13-21-20(22)16(4)24-19-9-6-14(2)15(3)12-19/h6-12,16H,5,13H2,1-4H3,(H,21,22)/t16-/m0/s1. The molecule has 2 aromatic rings. The van der Waals surface area contributed by atoms with Gasteiger partial charge in [0, 0.05) is 6.54 Å². The molecule has 24 heavy (non-hydrogen) atoms. The van der Waals surface area contributed by atoms with Crippen LogP contribution in [-0.2, 0) is 11.3 Å². The van der Waals surface area contributed by atoms with Crippen LogP contribution in [0.3, 0.4) is 0 Å². The second-order valence-electron chi connectivity index (χ2n) is 5.80. The number of rotatable bonds is 7. The minimum Gasteiger partial charge on any atom is -0.494 e. The molecular weight excluding hydrogens is 302 g/mol. The third-order valence-corrected chi connectivity index (χ3v) is 3.86. The predicted molar refractivity (Wildman–Crippen MR) is 95.5 cm³/mol. The van der Waals surface area contributed by atoms with Crippen molar-refractivity contribution in [3.05, 3.63) is 59.2 Å². The van der Waals surface area contributed by atoms with Gasteiger partial charge in [0.15, 0.2) is 6.10 Å². The number of benzene rings is 2. The first kappa shape index (κ1) is 17.9. The zero-order valence-electron chi connectivity index (χ0n) is 14.8. The summed E-state index contributed by atoms with van der Waals surface area (Å²) < 4.78 is 11.1. The maximum absolute atomic E-state index is 12.2. The zero-order valence-corrected chi connectivity index (χ0v) is 14.8. The zero-order chi connectivity index (χ0) is 17.5. The van der Waals surface area contributed by atoms with Gasteiger partial charge in [0.1, 0.15) is 11.5 Å². The van der Waals surface area contributed by atoms with E-state index in [4.69, 9.17) is 9.47 Å². The smallest absolute Gasteiger partial charge is 0.261 e. The lowest BCUT2D eigenvalue weighted by atomic mass is 10.1. The lowest BCUT2D eigenvalue weighted by molar-refractivity contribution is -0.127. The molecule has 1 atom stereocenters. The summed E-state index contributed by atoms with van der Waals surface area (Å²) in [7, 11) is 0. The molecule has 0 unspecified atom stereocenters. The molecule has 0 aliphatic rings. The van der Waals surface area contributed by atoms with Crippen molar-refractivity contribution in [2.75, 3.05) is 6.61 Å². The van der Waals surface area contributed by atoms with Gasteiger partial charge in [0.25, 0.3) is 5.91 Å². The molecule has 0 fully saturated rings. The molecular formula is C20H25NO3. The Balaban J connectivity index is 1.85. The van der Waals surface area contributed by atoms with Gasteiger partial charge >= 0.3 is 0 Å². The van der Waals surface area contributed by atoms with Crippen molar-refractivity contribution in [3.8, 4) is 11.5 Å². The summed E-state index contributed by atoms with van der Waals surface area (Å²) in [5.41, 5.74) is 3.37. The Morgan fingerprint density at radius 1 is 1.04 bits per heavy atom. The van der Waals surface area contributed by atoms with Crippen molar-refractivity contribution in [2.45, 2.75) is 40.3 Å². The second kappa shape index (κ2) is 8.39. The Bertz CT molecular complexity index is 680. The summed E-state index contributed by atoms with van der Waals surface area (Å²) in [6.07, 6.45) is -0.546. The van der Waals surface area contributed by atoms with Gasteiger partial charge in [0.05, 0.1) is 6.61 Å². The first-order valence-corrected chi connectivity index (χ1v) is 8.23. The van der Waals surface area contributed by atoms with E-state index >= 15 is 0 Å². The fourth-order valence-electron chi connectivity index (χ4n) is 2.25. The van der Waals surface area contributed by atoms with Crippen LogP contribution in [0.4, 0.5) is 0 Å². The quantitative estimate of drug-likeness (QED) is 0.842. The number of amides is 1. The van der Waals surface area contributed by atoms with Gasteiger partial charge in [-0.2, -0.15) is 0 Å². The summed E-state index contributed by atoms with van der Waals surface area (Å²) in [5, 5.41) is 2.89. The van der Waals surface area contributed by atoms with Crippen molar-refractivity contribution in [3.63, 3.8) is 0 Å². The minimum atomic E-state index is -0.546. The fraction of sp³-hybridized carbons (Fsp3) is 0.350. The van der Waals surface area contributed by atoms with Crippen molar-refractivity contribution in [1.82, 2.24) is 5.32 Å². The van der Waals surface area contributed by atoms with Crippen LogP contribution in [0.5, 0.6) is 11.5 Å². The number of aryl methyl sites for hydroxylation is 2. The molecule has 1 N–H and O–H groups in total. The Labute approximate surface area is 143 Å². The van der Waals surface area contributed by atoms with E-state index in [1.165, 1.54) is 5.56 Å². The average molecular weight is 327 g/mol. The molecule has 0 aliphatic carbocycles. The van der Waals surface area contributed by atoms with E-state index in [0.29, 0.717) is 18.9 Å². The first-order valence-electron chi connectivity index (χ1n) is 8.23. The van der Waals surface area contributed by atoms with Gasteiger partial charge < -0.3 is 14.8 Å². The molecule has 0 spiro atoms. The largest absolute Gasteiger partial charge is 0.494 e. The molecule has 2 rings (SSSR count).